The quantitative estimate of drug-likeness (QED) is 0.497. The molecule has 1 aromatic carbocycles. The summed E-state index contributed by atoms with van der Waals surface area (Å²) in [7, 11) is 0. The predicted octanol–water partition coefficient (Wildman–Crippen LogP) is 1.92. The normalized spacial score (nSPS) is 16.7. The zero-order valence-electron chi connectivity index (χ0n) is 12.5. The van der Waals surface area contributed by atoms with Gasteiger partial charge in [-0.15, -0.1) is 0 Å². The van der Waals surface area contributed by atoms with E-state index in [0.717, 1.165) is 6.08 Å². The number of ether oxygens (including phenoxy) is 2. The van der Waals surface area contributed by atoms with Gasteiger partial charge in [0.05, 0.1) is 0 Å². The van der Waals surface area contributed by atoms with Crippen LogP contribution in [-0.2, 0) is 23.9 Å². The number of cyclic esters (lactones) is 2. The number of anilines is 1. The van der Waals surface area contributed by atoms with Crippen molar-refractivity contribution in [2.24, 2.45) is 0 Å². The molecule has 0 spiro atoms. The van der Waals surface area contributed by atoms with Crippen molar-refractivity contribution in [2.45, 2.75) is 19.6 Å². The number of benzene rings is 1. The molecule has 1 saturated heterocycles. The highest BCUT2D eigenvalue weighted by atomic mass is 16.7. The maximum absolute atomic E-state index is 11.8. The Labute approximate surface area is 132 Å². The Morgan fingerprint density at radius 2 is 1.87 bits per heavy atom. The maximum Gasteiger partial charge on any atom is 0.350 e. The number of carbonyl (C=O) groups is 3. The van der Waals surface area contributed by atoms with Crippen LogP contribution in [-0.4, -0.2) is 28.8 Å². The van der Waals surface area contributed by atoms with E-state index >= 15 is 0 Å². The van der Waals surface area contributed by atoms with Crippen LogP contribution >= 0.6 is 0 Å². The molecule has 2 N–H and O–H groups in total. The molecule has 0 atom stereocenters. The number of aliphatic carboxylic acids is 1. The second-order valence-corrected chi connectivity index (χ2v) is 5.18. The van der Waals surface area contributed by atoms with E-state index in [0.29, 0.717) is 11.3 Å². The van der Waals surface area contributed by atoms with Gasteiger partial charge in [-0.05, 0) is 23.8 Å². The molecule has 1 heterocycles. The first-order chi connectivity index (χ1) is 10.8. The first-order valence-corrected chi connectivity index (χ1v) is 6.71. The first kappa shape index (κ1) is 16.3. The number of esters is 2. The predicted molar refractivity (Wildman–Crippen MR) is 81.1 cm³/mol. The van der Waals surface area contributed by atoms with Gasteiger partial charge in [-0.2, -0.15) is 0 Å². The Balaban J connectivity index is 2.14. The van der Waals surface area contributed by atoms with Crippen molar-refractivity contribution < 1.29 is 29.0 Å². The summed E-state index contributed by atoms with van der Waals surface area (Å²) in [5, 5.41) is 11.4. The second-order valence-electron chi connectivity index (χ2n) is 5.18. The summed E-state index contributed by atoms with van der Waals surface area (Å²) in [5.74, 6) is -3.89. The van der Waals surface area contributed by atoms with Crippen LogP contribution in [0.4, 0.5) is 5.69 Å². The number of carbonyl (C=O) groups excluding carboxylic acids is 2. The van der Waals surface area contributed by atoms with Crippen LogP contribution in [0, 0.1) is 0 Å². The van der Waals surface area contributed by atoms with E-state index in [-0.39, 0.29) is 5.57 Å². The molecular weight excluding hydrogens is 302 g/mol. The van der Waals surface area contributed by atoms with Crippen molar-refractivity contribution in [1.82, 2.24) is 0 Å². The van der Waals surface area contributed by atoms with Gasteiger partial charge in [-0.25, -0.2) is 14.4 Å². The topological polar surface area (TPSA) is 102 Å². The highest BCUT2D eigenvalue weighted by Gasteiger charge is 2.38. The minimum Gasteiger partial charge on any atom is -0.478 e. The van der Waals surface area contributed by atoms with E-state index in [1.807, 2.05) is 0 Å². The van der Waals surface area contributed by atoms with E-state index in [1.54, 1.807) is 24.3 Å². The van der Waals surface area contributed by atoms with Crippen LogP contribution in [0.25, 0.3) is 6.08 Å². The smallest absolute Gasteiger partial charge is 0.350 e. The van der Waals surface area contributed by atoms with Gasteiger partial charge in [-0.3, -0.25) is 0 Å². The SMILES string of the molecule is CC1(C)OC(=O)C(=CNc2cccc(C=CC(=O)O)c2)C(=O)O1. The van der Waals surface area contributed by atoms with E-state index in [2.05, 4.69) is 5.32 Å². The molecule has 0 unspecified atom stereocenters. The van der Waals surface area contributed by atoms with E-state index < -0.39 is 23.7 Å². The number of rotatable bonds is 4. The van der Waals surface area contributed by atoms with Crippen molar-refractivity contribution >= 4 is 29.7 Å². The van der Waals surface area contributed by atoms with Crippen LogP contribution < -0.4 is 5.32 Å². The molecule has 1 aliphatic heterocycles. The summed E-state index contributed by atoms with van der Waals surface area (Å²) in [4.78, 5) is 34.1. The minimum atomic E-state index is -1.28. The fraction of sp³-hybridized carbons (Fsp3) is 0.188. The second kappa shape index (κ2) is 6.35. The summed E-state index contributed by atoms with van der Waals surface area (Å²) in [5.41, 5.74) is 0.956. The molecule has 120 valence electrons. The molecule has 7 nitrogen and oxygen atoms in total. The number of hydrogen-bond acceptors (Lipinski definition) is 6. The highest BCUT2D eigenvalue weighted by Crippen LogP contribution is 2.22. The van der Waals surface area contributed by atoms with E-state index in [9.17, 15) is 14.4 Å². The zero-order valence-corrected chi connectivity index (χ0v) is 12.5. The standard InChI is InChI=1S/C16H15NO6/c1-16(2)22-14(20)12(15(21)23-16)9-17-11-5-3-4-10(8-11)6-7-13(18)19/h3-9,17H,1-2H3,(H,18,19). The lowest BCUT2D eigenvalue weighted by Gasteiger charge is -2.29. The van der Waals surface area contributed by atoms with Crippen molar-refractivity contribution in [3.63, 3.8) is 0 Å². The molecule has 0 saturated carbocycles. The largest absolute Gasteiger partial charge is 0.478 e. The molecule has 1 fully saturated rings. The Morgan fingerprint density at radius 1 is 1.22 bits per heavy atom. The van der Waals surface area contributed by atoms with Crippen LogP contribution in [0.3, 0.4) is 0 Å². The Bertz CT molecular complexity index is 695. The molecule has 7 heteroatoms. The molecule has 0 bridgehead atoms. The van der Waals surface area contributed by atoms with Crippen molar-refractivity contribution in [3.8, 4) is 0 Å². The number of hydrogen-bond donors (Lipinski definition) is 2. The zero-order chi connectivity index (χ0) is 17.0. The summed E-state index contributed by atoms with van der Waals surface area (Å²) in [6.45, 7) is 2.93. The third kappa shape index (κ3) is 4.44. The van der Waals surface area contributed by atoms with Crippen LogP contribution in [0.2, 0.25) is 0 Å². The molecule has 0 aromatic heterocycles. The lowest BCUT2D eigenvalue weighted by atomic mass is 10.2. The summed E-state index contributed by atoms with van der Waals surface area (Å²) in [6.07, 6.45) is 3.63. The molecular formula is C16H15NO6. The van der Waals surface area contributed by atoms with Crippen molar-refractivity contribution in [1.29, 1.82) is 0 Å². The molecule has 0 aliphatic carbocycles. The van der Waals surface area contributed by atoms with Crippen molar-refractivity contribution in [2.75, 3.05) is 5.32 Å². The lowest BCUT2D eigenvalue weighted by molar-refractivity contribution is -0.222. The average Bonchev–Trinajstić information content (AvgIpc) is 2.43. The number of nitrogens with one attached hydrogen (secondary N) is 1. The van der Waals surface area contributed by atoms with Gasteiger partial charge in [-0.1, -0.05) is 12.1 Å². The molecule has 23 heavy (non-hydrogen) atoms. The number of carboxylic acid groups (broad SMARTS) is 1. The Kier molecular flexibility index (Phi) is 4.49. The molecule has 0 radical (unpaired) electrons. The van der Waals surface area contributed by atoms with Gasteiger partial charge in [0.2, 0.25) is 0 Å². The maximum atomic E-state index is 11.8. The summed E-state index contributed by atoms with van der Waals surface area (Å²) >= 11 is 0. The Morgan fingerprint density at radius 3 is 2.48 bits per heavy atom. The van der Waals surface area contributed by atoms with Crippen molar-refractivity contribution in [3.05, 3.63) is 47.7 Å². The van der Waals surface area contributed by atoms with Gasteiger partial charge in [0.15, 0.2) is 5.57 Å². The minimum absolute atomic E-state index is 0.254. The van der Waals surface area contributed by atoms with Crippen LogP contribution in [0.1, 0.15) is 19.4 Å². The van der Waals surface area contributed by atoms with E-state index in [4.69, 9.17) is 14.6 Å². The van der Waals surface area contributed by atoms with Gasteiger partial charge in [0.1, 0.15) is 0 Å². The third-order valence-electron chi connectivity index (χ3n) is 2.80. The van der Waals surface area contributed by atoms with E-state index in [1.165, 1.54) is 26.1 Å². The number of carboxylic acids is 1. The average molecular weight is 317 g/mol. The Hall–Kier alpha value is -3.09. The molecule has 2 rings (SSSR count). The first-order valence-electron chi connectivity index (χ1n) is 6.71. The third-order valence-corrected chi connectivity index (χ3v) is 2.80. The summed E-state index contributed by atoms with van der Waals surface area (Å²) in [6, 6.07) is 6.75. The van der Waals surface area contributed by atoms with Gasteiger partial charge in [0, 0.05) is 31.8 Å². The van der Waals surface area contributed by atoms with Crippen LogP contribution in [0.5, 0.6) is 0 Å². The monoisotopic (exact) mass is 317 g/mol. The fourth-order valence-electron chi connectivity index (χ4n) is 1.83. The molecule has 0 amide bonds. The molecule has 1 aromatic rings. The van der Waals surface area contributed by atoms with Gasteiger partial charge < -0.3 is 19.9 Å². The highest BCUT2D eigenvalue weighted by molar-refractivity contribution is 6.15. The van der Waals surface area contributed by atoms with Crippen LogP contribution in [0.15, 0.2) is 42.1 Å². The van der Waals surface area contributed by atoms with Gasteiger partial charge in [0.25, 0.3) is 5.79 Å². The molecule has 1 aliphatic rings. The summed E-state index contributed by atoms with van der Waals surface area (Å²) < 4.78 is 9.93. The lowest BCUT2D eigenvalue weighted by Crippen LogP contribution is -2.42. The fourth-order valence-corrected chi connectivity index (χ4v) is 1.83. The van der Waals surface area contributed by atoms with Gasteiger partial charge >= 0.3 is 17.9 Å².